The topological polar surface area (TPSA) is 38.8 Å². The maximum Gasteiger partial charge on any atom is 0.191 e. The van der Waals surface area contributed by atoms with Gasteiger partial charge in [-0.2, -0.15) is 0 Å². The van der Waals surface area contributed by atoms with E-state index in [0.717, 1.165) is 5.56 Å². The predicted molar refractivity (Wildman–Crippen MR) is 91.4 cm³/mol. The quantitative estimate of drug-likeness (QED) is 0.596. The number of carbonyl (C=O) groups excluding carboxylic acids is 1. The Morgan fingerprint density at radius 2 is 1.83 bits per heavy atom. The van der Waals surface area contributed by atoms with E-state index in [2.05, 4.69) is 0 Å². The molecule has 0 saturated carbocycles. The summed E-state index contributed by atoms with van der Waals surface area (Å²) in [4.78, 5) is 14.2. The third-order valence-corrected chi connectivity index (χ3v) is 3.29. The zero-order valence-electron chi connectivity index (χ0n) is 13.9. The zero-order valence-corrected chi connectivity index (χ0v) is 13.9. The average molecular weight is 311 g/mol. The Labute approximate surface area is 137 Å². The van der Waals surface area contributed by atoms with Crippen molar-refractivity contribution in [3.8, 4) is 17.2 Å². The van der Waals surface area contributed by atoms with Crippen molar-refractivity contribution >= 4 is 5.78 Å². The Morgan fingerprint density at radius 3 is 2.48 bits per heavy atom. The van der Waals surface area contributed by atoms with Crippen LogP contribution < -0.4 is 9.47 Å². The van der Waals surface area contributed by atoms with Crippen LogP contribution in [0.25, 0.3) is 0 Å². The number of carbonyl (C=O) groups is 1. The Balaban J connectivity index is 2.39. The van der Waals surface area contributed by atoms with E-state index in [4.69, 9.17) is 9.47 Å². The first-order chi connectivity index (χ1) is 11.0. The molecule has 23 heavy (non-hydrogen) atoms. The molecule has 0 bridgehead atoms. The first-order valence-corrected chi connectivity index (χ1v) is 7.31. The summed E-state index contributed by atoms with van der Waals surface area (Å²) in [6.45, 7) is 1.96. The van der Waals surface area contributed by atoms with Gasteiger partial charge in [0.05, 0.1) is 12.7 Å². The molecule has 0 aliphatic carbocycles. The maximum atomic E-state index is 12.4. The lowest BCUT2D eigenvalue weighted by Gasteiger charge is -2.13. The summed E-state index contributed by atoms with van der Waals surface area (Å²) in [6, 6.07) is 12.9. The standard InChI is InChI=1S/C19H21NO3/c1-14-7-5-6-8-18(14)23-19-13-15(22-4)9-10-16(19)17(21)11-12-20(2)3/h5-13H,1-4H3/b12-11+. The van der Waals surface area contributed by atoms with Gasteiger partial charge in [-0.3, -0.25) is 4.79 Å². The third-order valence-electron chi connectivity index (χ3n) is 3.29. The summed E-state index contributed by atoms with van der Waals surface area (Å²) < 4.78 is 11.2. The second-order valence-electron chi connectivity index (χ2n) is 5.37. The van der Waals surface area contributed by atoms with Gasteiger partial charge in [-0.25, -0.2) is 0 Å². The Morgan fingerprint density at radius 1 is 1.09 bits per heavy atom. The van der Waals surface area contributed by atoms with Crippen molar-refractivity contribution in [1.29, 1.82) is 0 Å². The Hall–Kier alpha value is -2.75. The first kappa shape index (κ1) is 16.6. The van der Waals surface area contributed by atoms with Crippen molar-refractivity contribution in [2.75, 3.05) is 21.2 Å². The molecule has 4 heteroatoms. The van der Waals surface area contributed by atoms with Crippen LogP contribution in [-0.2, 0) is 0 Å². The van der Waals surface area contributed by atoms with Gasteiger partial charge in [0.25, 0.3) is 0 Å². The minimum Gasteiger partial charge on any atom is -0.497 e. The molecule has 2 rings (SSSR count). The summed E-state index contributed by atoms with van der Waals surface area (Å²) in [5, 5.41) is 0. The molecule has 0 atom stereocenters. The van der Waals surface area contributed by atoms with Crippen LogP contribution in [0.2, 0.25) is 0 Å². The molecule has 0 aromatic heterocycles. The van der Waals surface area contributed by atoms with E-state index in [-0.39, 0.29) is 5.78 Å². The molecule has 0 saturated heterocycles. The molecule has 0 aliphatic heterocycles. The molecule has 0 unspecified atom stereocenters. The van der Waals surface area contributed by atoms with Crippen LogP contribution in [0, 0.1) is 6.92 Å². The van der Waals surface area contributed by atoms with Crippen molar-refractivity contribution in [2.45, 2.75) is 6.92 Å². The molecular weight excluding hydrogens is 290 g/mol. The van der Waals surface area contributed by atoms with Gasteiger partial charge in [0.2, 0.25) is 0 Å². The third kappa shape index (κ3) is 4.36. The summed E-state index contributed by atoms with van der Waals surface area (Å²) >= 11 is 0. The number of hydrogen-bond acceptors (Lipinski definition) is 4. The van der Waals surface area contributed by atoms with E-state index in [1.807, 2.05) is 50.2 Å². The highest BCUT2D eigenvalue weighted by molar-refractivity contribution is 6.06. The van der Waals surface area contributed by atoms with Gasteiger partial charge in [0.1, 0.15) is 17.2 Å². The highest BCUT2D eigenvalue weighted by Crippen LogP contribution is 2.31. The van der Waals surface area contributed by atoms with Crippen LogP contribution in [0.5, 0.6) is 17.2 Å². The number of hydrogen-bond donors (Lipinski definition) is 0. The van der Waals surface area contributed by atoms with Gasteiger partial charge < -0.3 is 14.4 Å². The van der Waals surface area contributed by atoms with Gasteiger partial charge in [0.15, 0.2) is 5.78 Å². The number of aryl methyl sites for hydroxylation is 1. The van der Waals surface area contributed by atoms with Crippen LogP contribution in [0.4, 0.5) is 0 Å². The lowest BCUT2D eigenvalue weighted by molar-refractivity contribution is 0.104. The van der Waals surface area contributed by atoms with Crippen LogP contribution in [0.15, 0.2) is 54.7 Å². The van der Waals surface area contributed by atoms with E-state index >= 15 is 0 Å². The number of ketones is 1. The minimum absolute atomic E-state index is 0.120. The zero-order chi connectivity index (χ0) is 16.8. The van der Waals surface area contributed by atoms with Crippen LogP contribution >= 0.6 is 0 Å². The molecule has 2 aromatic rings. The van der Waals surface area contributed by atoms with Crippen LogP contribution in [0.1, 0.15) is 15.9 Å². The monoisotopic (exact) mass is 311 g/mol. The number of benzene rings is 2. The molecule has 0 N–H and O–H groups in total. The van der Waals surface area contributed by atoms with Crippen LogP contribution in [-0.4, -0.2) is 31.9 Å². The molecular formula is C19H21NO3. The maximum absolute atomic E-state index is 12.4. The molecule has 120 valence electrons. The predicted octanol–water partition coefficient (Wildman–Crippen LogP) is 4.05. The van der Waals surface area contributed by atoms with Gasteiger partial charge in [-0.15, -0.1) is 0 Å². The number of ether oxygens (including phenoxy) is 2. The molecule has 4 nitrogen and oxygen atoms in total. The highest BCUT2D eigenvalue weighted by atomic mass is 16.5. The van der Waals surface area contributed by atoms with E-state index in [9.17, 15) is 4.79 Å². The van der Waals surface area contributed by atoms with Crippen molar-refractivity contribution in [2.24, 2.45) is 0 Å². The largest absolute Gasteiger partial charge is 0.497 e. The molecule has 0 amide bonds. The second kappa shape index (κ2) is 7.49. The molecule has 0 radical (unpaired) electrons. The number of methoxy groups -OCH3 is 1. The van der Waals surface area contributed by atoms with Crippen molar-refractivity contribution in [3.63, 3.8) is 0 Å². The molecule has 0 fully saturated rings. The Kier molecular flexibility index (Phi) is 5.41. The summed E-state index contributed by atoms with van der Waals surface area (Å²) in [5.41, 5.74) is 1.49. The molecule has 0 aliphatic rings. The summed E-state index contributed by atoms with van der Waals surface area (Å²) in [5.74, 6) is 1.71. The Bertz CT molecular complexity index is 720. The van der Waals surface area contributed by atoms with E-state index in [0.29, 0.717) is 22.8 Å². The molecule has 2 aromatic carbocycles. The van der Waals surface area contributed by atoms with Gasteiger partial charge in [-0.05, 0) is 30.7 Å². The van der Waals surface area contributed by atoms with Crippen LogP contribution in [0.3, 0.4) is 0 Å². The number of allylic oxidation sites excluding steroid dienone is 1. The normalized spacial score (nSPS) is 10.6. The van der Waals surface area contributed by atoms with Crippen molar-refractivity contribution in [1.82, 2.24) is 4.90 Å². The van der Waals surface area contributed by atoms with E-state index in [1.54, 1.807) is 31.5 Å². The minimum atomic E-state index is -0.120. The lowest BCUT2D eigenvalue weighted by Crippen LogP contribution is -2.04. The van der Waals surface area contributed by atoms with E-state index < -0.39 is 0 Å². The number of rotatable bonds is 6. The van der Waals surface area contributed by atoms with Gasteiger partial charge in [-0.1, -0.05) is 18.2 Å². The summed E-state index contributed by atoms with van der Waals surface area (Å²) in [6.07, 6.45) is 3.23. The summed E-state index contributed by atoms with van der Waals surface area (Å²) in [7, 11) is 5.31. The SMILES string of the molecule is COc1ccc(C(=O)/C=C/N(C)C)c(Oc2ccccc2C)c1. The highest BCUT2D eigenvalue weighted by Gasteiger charge is 2.13. The van der Waals surface area contributed by atoms with Gasteiger partial charge >= 0.3 is 0 Å². The molecule has 0 spiro atoms. The van der Waals surface area contributed by atoms with E-state index in [1.165, 1.54) is 6.08 Å². The fourth-order valence-electron chi connectivity index (χ4n) is 2.01. The first-order valence-electron chi connectivity index (χ1n) is 7.31. The number of para-hydroxylation sites is 1. The lowest BCUT2D eigenvalue weighted by atomic mass is 10.1. The number of nitrogens with zero attached hydrogens (tertiary/aromatic N) is 1. The van der Waals surface area contributed by atoms with Crippen molar-refractivity contribution in [3.05, 3.63) is 65.9 Å². The average Bonchev–Trinajstić information content (AvgIpc) is 2.54. The molecule has 0 heterocycles. The fourth-order valence-corrected chi connectivity index (χ4v) is 2.01. The smallest absolute Gasteiger partial charge is 0.191 e. The van der Waals surface area contributed by atoms with Gasteiger partial charge in [0, 0.05) is 32.4 Å². The fraction of sp³-hybridized carbons (Fsp3) is 0.211. The van der Waals surface area contributed by atoms with Crippen molar-refractivity contribution < 1.29 is 14.3 Å². The second-order valence-corrected chi connectivity index (χ2v) is 5.37.